The molecule has 0 aliphatic heterocycles. The minimum absolute atomic E-state index is 0. The summed E-state index contributed by atoms with van der Waals surface area (Å²) in [4.78, 5) is 59.4. The van der Waals surface area contributed by atoms with Crippen LogP contribution in [0.25, 0.3) is 66.8 Å². The number of amides is 3. The number of anilines is 2. The Balaban J connectivity index is 0.000000483. The Kier molecular flexibility index (Phi) is 43.0. The first-order valence-corrected chi connectivity index (χ1v) is 47.1. The molecule has 8 rings (SSSR count). The maximum Gasteiger partial charge on any atom is 0.235 e. The molecule has 106 heavy (non-hydrogen) atoms. The first-order valence-electron chi connectivity index (χ1n) is 29.9. The van der Waals surface area contributed by atoms with Crippen LogP contribution in [0.5, 0.6) is 0 Å². The van der Waals surface area contributed by atoms with Crippen molar-refractivity contribution in [2.45, 2.75) is 51.4 Å². The van der Waals surface area contributed by atoms with E-state index in [0.717, 1.165) is 49.8 Å². The Bertz CT molecular complexity index is 4480. The molecular weight excluding hydrogens is 1860 g/mol. The van der Waals surface area contributed by atoms with Gasteiger partial charge in [-0.1, -0.05) is 125 Å². The molecule has 24 nitrogen and oxygen atoms in total. The van der Waals surface area contributed by atoms with Gasteiger partial charge < -0.3 is 41.1 Å². The number of alkyl halides is 9. The van der Waals surface area contributed by atoms with E-state index in [2.05, 4.69) is 81.0 Å². The van der Waals surface area contributed by atoms with Gasteiger partial charge in [0.15, 0.2) is 22.5 Å². The summed E-state index contributed by atoms with van der Waals surface area (Å²) in [6.07, 6.45) is 5.69. The van der Waals surface area contributed by atoms with E-state index in [1.165, 1.54) is 50.0 Å². The Morgan fingerprint density at radius 3 is 1.14 bits per heavy atom. The van der Waals surface area contributed by atoms with Crippen LogP contribution in [-0.2, 0) is 74.0 Å². The van der Waals surface area contributed by atoms with E-state index >= 15 is 0 Å². The van der Waals surface area contributed by atoms with Gasteiger partial charge in [0.1, 0.15) is 34.6 Å². The van der Waals surface area contributed by atoms with Crippen molar-refractivity contribution in [3.63, 3.8) is 0 Å². The van der Waals surface area contributed by atoms with Crippen LogP contribution in [0.3, 0.4) is 0 Å². The van der Waals surface area contributed by atoms with Crippen molar-refractivity contribution in [2.75, 3.05) is 78.3 Å². The predicted octanol–water partition coefficient (Wildman–Crippen LogP) is 16.4. The number of sulfonamides is 2. The first kappa shape index (κ1) is 99.3. The zero-order valence-corrected chi connectivity index (χ0v) is 74.0. The fourth-order valence-corrected chi connectivity index (χ4v) is 12.2. The van der Waals surface area contributed by atoms with Crippen LogP contribution in [-0.4, -0.2) is 167 Å². The molecule has 2 aromatic carbocycles. The van der Waals surface area contributed by atoms with Crippen LogP contribution in [0.15, 0.2) is 122 Å². The number of nitrogens with two attached hydrogens (primary N) is 1. The third kappa shape index (κ3) is 42.8. The van der Waals surface area contributed by atoms with Crippen LogP contribution in [0.2, 0.25) is 0 Å². The van der Waals surface area contributed by atoms with E-state index in [-0.39, 0.29) is 99.0 Å². The summed E-state index contributed by atoms with van der Waals surface area (Å²) in [6, 6.07) is 26.2. The maximum atomic E-state index is 13.5. The van der Waals surface area contributed by atoms with Gasteiger partial charge in [-0.25, -0.2) is 48.2 Å². The molecule has 0 saturated carbocycles. The van der Waals surface area contributed by atoms with Crippen molar-refractivity contribution in [2.24, 2.45) is 5.73 Å². The van der Waals surface area contributed by atoms with Crippen molar-refractivity contribution in [3.8, 4) is 44.8 Å². The van der Waals surface area contributed by atoms with Gasteiger partial charge in [0, 0.05) is 103 Å². The van der Waals surface area contributed by atoms with Gasteiger partial charge in [0.05, 0.1) is 53.7 Å². The molecule has 0 aliphatic carbocycles. The van der Waals surface area contributed by atoms with Gasteiger partial charge >= 0.3 is 59.6 Å². The number of pyridine rings is 4. The summed E-state index contributed by atoms with van der Waals surface area (Å²) in [5.41, 5.74) is 12.7. The van der Waals surface area contributed by atoms with Crippen molar-refractivity contribution in [3.05, 3.63) is 133 Å². The van der Waals surface area contributed by atoms with E-state index in [1.807, 2.05) is 24.3 Å². The van der Waals surface area contributed by atoms with Crippen molar-refractivity contribution in [1.82, 2.24) is 50.8 Å². The second-order valence-corrected chi connectivity index (χ2v) is 52.8. The molecule has 0 saturated heterocycles. The number of benzene rings is 2. The number of carbonyl (C=O) groups excluding carboxylic acids is 3. The number of hydrogen-bond donors (Lipinski definition) is 9. The average molecular weight is 1930 g/mol. The standard InChI is InChI=1S/C23H19Cl3FN5O3S.C20H18FN5O2S.C6H15N.C5H7Cl4NO3S.C5H8Cl3NO3S.Cl5P.Zn/c24-23(25,26)13-19(33)29-11-12-36(34,35)32-18-6-5-17-20(14-7-9-28-10-8-14)21(31-22(17)30-18)15-1-3-16(27)4-2-15;21-15-3-1-14(2-4-15)19-18(13-7-10-23-11-8-13)16-5-6-17(24-20(16)25-19)26-29(27,28)12-9-22;1-4-7(5-2)6-3;6-5(7,8)3-4(11)10-1-2-14(9,12)13;6-5(7,8)3-4(10)9-1-2-13(11)12;1-6(2,3,4)5;/h1-10H,11-13H2,(H,29,33)(H2,30,31,32);1-8,10-11H,9,12,22H2,(H2,24,25,26);4-6H2,1-3H3;1-3H2,(H,10,11);1-3H2,(H,9,10)(H,11,12);;. The number of rotatable bonds is 25. The zero-order valence-electron chi connectivity index (χ0n) is 55.5. The van der Waals surface area contributed by atoms with Crippen LogP contribution < -0.4 is 31.1 Å². The second kappa shape index (κ2) is 45.8. The quantitative estimate of drug-likeness (QED) is 0.00844. The molecule has 0 radical (unpaired) electrons. The van der Waals surface area contributed by atoms with Gasteiger partial charge in [-0.3, -0.25) is 33.8 Å². The number of aromatic amines is 2. The molecule has 6 heterocycles. The summed E-state index contributed by atoms with van der Waals surface area (Å²) >= 11 is 71.6. The molecule has 10 N–H and O–H groups in total. The molecule has 0 spiro atoms. The van der Waals surface area contributed by atoms with Crippen molar-refractivity contribution < 1.29 is 76.7 Å². The number of hydrogen-bond acceptors (Lipinski definition) is 16. The van der Waals surface area contributed by atoms with Crippen LogP contribution in [0.4, 0.5) is 20.4 Å². The predicted molar refractivity (Wildman–Crippen MR) is 432 cm³/mol. The molecule has 47 heteroatoms. The number of aromatic nitrogens is 6. The molecule has 8 aromatic rings. The van der Waals surface area contributed by atoms with Gasteiger partial charge in [0.2, 0.25) is 46.8 Å². The molecule has 0 bridgehead atoms. The smallest absolute Gasteiger partial charge is 0.235 e. The third-order valence-corrected chi connectivity index (χ3v) is 18.3. The monoisotopic (exact) mass is 1920 g/mol. The fourth-order valence-electron chi connectivity index (χ4n) is 8.46. The van der Waals surface area contributed by atoms with Gasteiger partial charge in [0.25, 0.3) is 0 Å². The molecule has 0 fully saturated rings. The summed E-state index contributed by atoms with van der Waals surface area (Å²) in [7, 11) is -6.12. The summed E-state index contributed by atoms with van der Waals surface area (Å²) in [5.74, 6) is -3.02. The zero-order chi connectivity index (χ0) is 79.4. The molecule has 1 unspecified atom stereocenters. The van der Waals surface area contributed by atoms with Gasteiger partial charge in [-0.05, 0) is 139 Å². The molecule has 6 aromatic heterocycles. The molecule has 0 aliphatic rings. The summed E-state index contributed by atoms with van der Waals surface area (Å²) in [5, 5.41) is 8.50. The Morgan fingerprint density at radius 2 is 0.849 bits per heavy atom. The molecule has 3 amide bonds. The van der Waals surface area contributed by atoms with Crippen LogP contribution in [0.1, 0.15) is 40.0 Å². The number of halogens is 17. The fraction of sp³-hybridized carbons (Fsp3) is 0.339. The summed E-state index contributed by atoms with van der Waals surface area (Å²) < 4.78 is 111. The van der Waals surface area contributed by atoms with Crippen molar-refractivity contribution >= 4 is 266 Å². The van der Waals surface area contributed by atoms with E-state index < -0.39 is 84.8 Å². The van der Waals surface area contributed by atoms with Crippen LogP contribution >= 0.6 is 175 Å². The molecule has 584 valence electrons. The minimum atomic E-state index is -3.85. The van der Waals surface area contributed by atoms with E-state index in [9.17, 15) is 52.6 Å². The second-order valence-electron chi connectivity index (χ2n) is 21.0. The Morgan fingerprint density at radius 1 is 0.528 bits per heavy atom. The van der Waals surface area contributed by atoms with E-state index in [0.29, 0.717) is 17.0 Å². The minimum Gasteiger partial charge on any atom is -0.355 e. The van der Waals surface area contributed by atoms with Gasteiger partial charge in [-0.15, -0.1) is 0 Å². The largest absolute Gasteiger partial charge is 0.355 e. The SMILES string of the molecule is CCN(CC)CC.ClP(Cl)(Cl)(Cl)Cl.NCCS(=O)(=O)Nc1ccc2c(-c3ccncc3)c(-c3ccc(F)cc3)[nH]c2n1.O=C(CC(Cl)(Cl)Cl)NCCS(=O)(=O)Cl.O=C(CC(Cl)(Cl)Cl)NCCS(=O)(=O)Nc1ccc2c(-c3ccncc3)c(-c3ccc(F)cc3)[nH]c2n1.O=C(CC(Cl)(Cl)Cl)NCCS(=O)O.[Zn]. The number of carbonyl (C=O) groups is 3. The van der Waals surface area contributed by atoms with Crippen molar-refractivity contribution in [1.29, 1.82) is 0 Å². The normalized spacial score (nSPS) is 12.4. The van der Waals surface area contributed by atoms with Crippen LogP contribution in [0, 0.1) is 11.6 Å². The number of nitrogens with one attached hydrogen (secondary N) is 7. The average Bonchev–Trinajstić information content (AvgIpc) is 1.62. The van der Waals surface area contributed by atoms with E-state index in [4.69, 9.17) is 182 Å². The van der Waals surface area contributed by atoms with Gasteiger partial charge in [-0.2, -0.15) is 0 Å². The Hall–Kier alpha value is -2.73. The molecule has 1 atom stereocenters. The molecular formula is C59H67Cl15F2N13O11PS4Zn. The third-order valence-electron chi connectivity index (χ3n) is 12.8. The maximum absolute atomic E-state index is 13.5. The number of nitrogens with zero attached hydrogens (tertiary/aromatic N) is 5. The number of H-pyrrole nitrogens is 2. The van der Waals surface area contributed by atoms with E-state index in [1.54, 1.807) is 67.3 Å². The number of fused-ring (bicyclic) bond motifs is 2. The summed E-state index contributed by atoms with van der Waals surface area (Å²) in [6.45, 7) is 9.94. The topological polar surface area (TPSA) is 363 Å². The Labute approximate surface area is 700 Å². The first-order chi connectivity index (χ1) is 48.5.